The third-order valence-corrected chi connectivity index (χ3v) is 3.79. The summed E-state index contributed by atoms with van der Waals surface area (Å²) < 4.78 is 6.19. The molecule has 0 heterocycles. The minimum atomic E-state index is 0.871. The number of benzene rings is 1. The molecule has 94 valence electrons. The maximum atomic E-state index is 5.19. The minimum absolute atomic E-state index is 0.871. The Hall–Kier alpha value is -0.450. The van der Waals surface area contributed by atoms with Crippen LogP contribution in [0.4, 0.5) is 0 Å². The monoisotopic (exact) mass is 315 g/mol. The molecule has 1 aromatic rings. The predicted molar refractivity (Wildman–Crippen MR) is 79.9 cm³/mol. The Morgan fingerprint density at radius 3 is 3.00 bits per heavy atom. The molecule has 0 radical (unpaired) electrons. The lowest BCUT2D eigenvalue weighted by Gasteiger charge is -2.07. The Kier molecular flexibility index (Phi) is 7.40. The summed E-state index contributed by atoms with van der Waals surface area (Å²) in [5.74, 6) is 3.01. The first-order valence-corrected chi connectivity index (χ1v) is 7.44. The lowest BCUT2D eigenvalue weighted by atomic mass is 10.2. The third kappa shape index (κ3) is 5.61. The summed E-state index contributed by atoms with van der Waals surface area (Å²) in [5.41, 5.74) is 1.26. The van der Waals surface area contributed by atoms with Crippen molar-refractivity contribution in [1.82, 2.24) is 5.32 Å². The van der Waals surface area contributed by atoms with E-state index in [0.29, 0.717) is 0 Å². The fraction of sp³-hybridized carbons (Fsp3) is 0.385. The average Bonchev–Trinajstić information content (AvgIpc) is 2.34. The van der Waals surface area contributed by atoms with Gasteiger partial charge in [-0.1, -0.05) is 12.1 Å². The number of ether oxygens (including phenoxy) is 1. The quantitative estimate of drug-likeness (QED) is 0.586. The van der Waals surface area contributed by atoms with Gasteiger partial charge in [-0.25, -0.2) is 0 Å². The van der Waals surface area contributed by atoms with Crippen molar-refractivity contribution in [2.24, 2.45) is 0 Å². The highest BCUT2D eigenvalue weighted by Crippen LogP contribution is 2.25. The van der Waals surface area contributed by atoms with Gasteiger partial charge in [-0.15, -0.1) is 6.58 Å². The highest BCUT2D eigenvalue weighted by atomic mass is 79.9. The van der Waals surface area contributed by atoms with Gasteiger partial charge in [0.05, 0.1) is 11.6 Å². The molecule has 17 heavy (non-hydrogen) atoms. The zero-order valence-corrected chi connectivity index (χ0v) is 12.4. The largest absolute Gasteiger partial charge is 0.496 e. The SMILES string of the molecule is C=CCSCCNCc1ccc(OC)c(Br)c1. The van der Waals surface area contributed by atoms with Crippen molar-refractivity contribution in [3.63, 3.8) is 0 Å². The van der Waals surface area contributed by atoms with Crippen LogP contribution in [-0.4, -0.2) is 25.2 Å². The van der Waals surface area contributed by atoms with E-state index in [1.54, 1.807) is 7.11 Å². The Morgan fingerprint density at radius 1 is 1.53 bits per heavy atom. The maximum Gasteiger partial charge on any atom is 0.133 e. The molecule has 0 fully saturated rings. The number of rotatable bonds is 8. The summed E-state index contributed by atoms with van der Waals surface area (Å²) in [6.45, 7) is 5.60. The van der Waals surface area contributed by atoms with Crippen LogP contribution >= 0.6 is 27.7 Å². The summed E-state index contributed by atoms with van der Waals surface area (Å²) in [6, 6.07) is 6.14. The fourth-order valence-electron chi connectivity index (χ4n) is 1.36. The molecule has 0 saturated carbocycles. The summed E-state index contributed by atoms with van der Waals surface area (Å²) in [4.78, 5) is 0. The van der Waals surface area contributed by atoms with Gasteiger partial charge in [-0.2, -0.15) is 11.8 Å². The van der Waals surface area contributed by atoms with Crippen LogP contribution in [0.2, 0.25) is 0 Å². The molecule has 1 aromatic carbocycles. The van der Waals surface area contributed by atoms with Gasteiger partial charge in [0, 0.05) is 24.6 Å². The second-order valence-electron chi connectivity index (χ2n) is 3.51. The first-order valence-electron chi connectivity index (χ1n) is 5.49. The van der Waals surface area contributed by atoms with E-state index in [4.69, 9.17) is 4.74 Å². The normalized spacial score (nSPS) is 10.2. The van der Waals surface area contributed by atoms with Crippen molar-refractivity contribution >= 4 is 27.7 Å². The number of methoxy groups -OCH3 is 1. The lowest BCUT2D eigenvalue weighted by molar-refractivity contribution is 0.412. The topological polar surface area (TPSA) is 21.3 Å². The van der Waals surface area contributed by atoms with Gasteiger partial charge in [0.2, 0.25) is 0 Å². The predicted octanol–water partition coefficient (Wildman–Crippen LogP) is 3.47. The van der Waals surface area contributed by atoms with Crippen molar-refractivity contribution in [1.29, 1.82) is 0 Å². The number of thioether (sulfide) groups is 1. The zero-order chi connectivity index (χ0) is 12.5. The van der Waals surface area contributed by atoms with Gasteiger partial charge in [0.15, 0.2) is 0 Å². The molecule has 0 aromatic heterocycles. The third-order valence-electron chi connectivity index (χ3n) is 2.20. The summed E-state index contributed by atoms with van der Waals surface area (Å²) >= 11 is 5.37. The van der Waals surface area contributed by atoms with Crippen molar-refractivity contribution in [2.45, 2.75) is 6.54 Å². The zero-order valence-electron chi connectivity index (χ0n) is 10.0. The summed E-state index contributed by atoms with van der Waals surface area (Å²) in [7, 11) is 1.68. The molecule has 0 spiro atoms. The van der Waals surface area contributed by atoms with E-state index in [1.165, 1.54) is 5.56 Å². The highest BCUT2D eigenvalue weighted by Gasteiger charge is 2.00. The van der Waals surface area contributed by atoms with E-state index >= 15 is 0 Å². The van der Waals surface area contributed by atoms with Crippen molar-refractivity contribution < 1.29 is 4.74 Å². The van der Waals surface area contributed by atoms with Gasteiger partial charge in [-0.05, 0) is 33.6 Å². The van der Waals surface area contributed by atoms with E-state index in [1.807, 2.05) is 23.9 Å². The summed E-state index contributed by atoms with van der Waals surface area (Å²) in [6.07, 6.45) is 1.94. The van der Waals surface area contributed by atoms with Crippen LogP contribution in [0, 0.1) is 0 Å². The van der Waals surface area contributed by atoms with Crippen LogP contribution in [0.15, 0.2) is 35.3 Å². The maximum absolute atomic E-state index is 5.19. The molecule has 0 atom stereocenters. The molecule has 0 aliphatic carbocycles. The lowest BCUT2D eigenvalue weighted by Crippen LogP contribution is -2.16. The number of nitrogens with one attached hydrogen (secondary N) is 1. The minimum Gasteiger partial charge on any atom is -0.496 e. The molecule has 0 aliphatic rings. The van der Waals surface area contributed by atoms with Crippen LogP contribution in [0.1, 0.15) is 5.56 Å². The van der Waals surface area contributed by atoms with Gasteiger partial charge >= 0.3 is 0 Å². The molecule has 1 N–H and O–H groups in total. The Labute approximate surface area is 116 Å². The second kappa shape index (κ2) is 8.61. The molecule has 0 unspecified atom stereocenters. The molecular formula is C13H18BrNOS. The first-order chi connectivity index (χ1) is 8.27. The molecule has 4 heteroatoms. The fourth-order valence-corrected chi connectivity index (χ4v) is 2.57. The smallest absolute Gasteiger partial charge is 0.133 e. The molecule has 0 bridgehead atoms. The molecule has 2 nitrogen and oxygen atoms in total. The van der Waals surface area contributed by atoms with Crippen LogP contribution < -0.4 is 10.1 Å². The van der Waals surface area contributed by atoms with Crippen molar-refractivity contribution in [2.75, 3.05) is 25.2 Å². The van der Waals surface area contributed by atoms with E-state index in [-0.39, 0.29) is 0 Å². The number of hydrogen-bond acceptors (Lipinski definition) is 3. The standard InChI is InChI=1S/C13H18BrNOS/c1-3-7-17-8-6-15-10-11-4-5-13(16-2)12(14)9-11/h3-5,9,15H,1,6-8,10H2,2H3. The molecule has 0 aliphatic heterocycles. The first kappa shape index (κ1) is 14.6. The van der Waals surface area contributed by atoms with E-state index in [9.17, 15) is 0 Å². The van der Waals surface area contributed by atoms with Crippen molar-refractivity contribution in [3.8, 4) is 5.75 Å². The Bertz CT molecular complexity index is 357. The highest BCUT2D eigenvalue weighted by molar-refractivity contribution is 9.10. The molecular weight excluding hydrogens is 298 g/mol. The van der Waals surface area contributed by atoms with Crippen LogP contribution in [0.3, 0.4) is 0 Å². The number of halogens is 1. The van der Waals surface area contributed by atoms with Gasteiger partial charge < -0.3 is 10.1 Å². The average molecular weight is 316 g/mol. The van der Waals surface area contributed by atoms with Gasteiger partial charge in [0.1, 0.15) is 5.75 Å². The number of hydrogen-bond donors (Lipinski definition) is 1. The molecule has 1 rings (SSSR count). The van der Waals surface area contributed by atoms with Gasteiger partial charge in [0.25, 0.3) is 0 Å². The van der Waals surface area contributed by atoms with E-state index in [2.05, 4.69) is 40.0 Å². The second-order valence-corrected chi connectivity index (χ2v) is 5.51. The van der Waals surface area contributed by atoms with Crippen LogP contribution in [-0.2, 0) is 6.54 Å². The Balaban J connectivity index is 2.27. The van der Waals surface area contributed by atoms with Crippen LogP contribution in [0.25, 0.3) is 0 Å². The summed E-state index contributed by atoms with van der Waals surface area (Å²) in [5, 5.41) is 3.41. The van der Waals surface area contributed by atoms with Crippen molar-refractivity contribution in [3.05, 3.63) is 40.9 Å². The Morgan fingerprint density at radius 2 is 2.35 bits per heavy atom. The molecule has 0 saturated heterocycles. The van der Waals surface area contributed by atoms with Gasteiger partial charge in [-0.3, -0.25) is 0 Å². The van der Waals surface area contributed by atoms with E-state index in [0.717, 1.165) is 34.8 Å². The van der Waals surface area contributed by atoms with Crippen LogP contribution in [0.5, 0.6) is 5.75 Å². The van der Waals surface area contributed by atoms with E-state index < -0.39 is 0 Å². The molecule has 0 amide bonds.